The third-order valence-electron chi connectivity index (χ3n) is 4.02. The van der Waals surface area contributed by atoms with Crippen LogP contribution in [-0.4, -0.2) is 30.2 Å². The van der Waals surface area contributed by atoms with Crippen LogP contribution in [0.25, 0.3) is 11.3 Å². The van der Waals surface area contributed by atoms with Gasteiger partial charge in [0.15, 0.2) is 0 Å². The minimum absolute atomic E-state index is 0.136. The highest BCUT2D eigenvalue weighted by Gasteiger charge is 2.22. The van der Waals surface area contributed by atoms with Crippen LogP contribution in [0.1, 0.15) is 34.8 Å². The Labute approximate surface area is 157 Å². The van der Waals surface area contributed by atoms with Crippen LogP contribution in [0.5, 0.6) is 0 Å². The summed E-state index contributed by atoms with van der Waals surface area (Å²) in [4.78, 5) is 26.4. The van der Waals surface area contributed by atoms with Gasteiger partial charge in [0.05, 0.1) is 12.2 Å². The molecule has 0 saturated heterocycles. The smallest absolute Gasteiger partial charge is 0.338 e. The third-order valence-corrected chi connectivity index (χ3v) is 4.02. The molecule has 0 saturated carbocycles. The molecule has 0 atom stereocenters. The van der Waals surface area contributed by atoms with E-state index >= 15 is 0 Å². The Hall–Kier alpha value is -3.41. The normalized spacial score (nSPS) is 10.4. The summed E-state index contributed by atoms with van der Waals surface area (Å²) in [5.41, 5.74) is 2.44. The second-order valence-electron chi connectivity index (χ2n) is 5.76. The van der Waals surface area contributed by atoms with Crippen LogP contribution >= 0.6 is 0 Å². The van der Waals surface area contributed by atoms with Crippen molar-refractivity contribution in [1.29, 1.82) is 0 Å². The maximum Gasteiger partial charge on any atom is 0.338 e. The number of anilines is 1. The van der Waals surface area contributed by atoms with Crippen LogP contribution in [0.2, 0.25) is 0 Å². The first-order valence-electron chi connectivity index (χ1n) is 8.75. The lowest BCUT2D eigenvalue weighted by Gasteiger charge is -2.20. The average Bonchev–Trinajstić information content (AvgIpc) is 3.20. The average molecular weight is 364 g/mol. The number of esters is 1. The SMILES string of the molecule is CCOC(=O)c1cccc(N(CC)C(=O)c2cc(-c3ccccc3)no2)c1. The maximum absolute atomic E-state index is 12.9. The van der Waals surface area contributed by atoms with E-state index < -0.39 is 5.97 Å². The van der Waals surface area contributed by atoms with Gasteiger partial charge < -0.3 is 14.2 Å². The molecular weight excluding hydrogens is 344 g/mol. The Morgan fingerprint density at radius 3 is 2.52 bits per heavy atom. The summed E-state index contributed by atoms with van der Waals surface area (Å²) < 4.78 is 10.3. The van der Waals surface area contributed by atoms with Gasteiger partial charge in [0, 0.05) is 23.9 Å². The van der Waals surface area contributed by atoms with Gasteiger partial charge in [0.2, 0.25) is 5.76 Å². The van der Waals surface area contributed by atoms with Crippen LogP contribution < -0.4 is 4.90 Å². The number of benzene rings is 2. The first kappa shape index (κ1) is 18.4. The Morgan fingerprint density at radius 2 is 1.81 bits per heavy atom. The molecule has 0 radical (unpaired) electrons. The molecule has 1 heterocycles. The molecule has 0 spiro atoms. The van der Waals surface area contributed by atoms with Gasteiger partial charge in [-0.25, -0.2) is 4.79 Å². The van der Waals surface area contributed by atoms with Crippen LogP contribution in [0, 0.1) is 0 Å². The predicted molar refractivity (Wildman–Crippen MR) is 102 cm³/mol. The molecule has 0 unspecified atom stereocenters. The molecule has 3 aromatic rings. The van der Waals surface area contributed by atoms with Gasteiger partial charge in [0.25, 0.3) is 5.91 Å². The molecule has 0 N–H and O–H groups in total. The summed E-state index contributed by atoms with van der Waals surface area (Å²) >= 11 is 0. The Morgan fingerprint density at radius 1 is 1.04 bits per heavy atom. The molecule has 6 heteroatoms. The van der Waals surface area contributed by atoms with Crippen molar-refractivity contribution in [2.75, 3.05) is 18.1 Å². The van der Waals surface area contributed by atoms with E-state index in [1.807, 2.05) is 37.3 Å². The fraction of sp³-hybridized carbons (Fsp3) is 0.190. The molecule has 138 valence electrons. The number of ether oxygens (including phenoxy) is 1. The monoisotopic (exact) mass is 364 g/mol. The lowest BCUT2D eigenvalue weighted by atomic mass is 10.1. The maximum atomic E-state index is 12.9. The number of rotatable bonds is 6. The number of amides is 1. The highest BCUT2D eigenvalue weighted by atomic mass is 16.5. The second kappa shape index (κ2) is 8.31. The topological polar surface area (TPSA) is 72.6 Å². The molecule has 2 aromatic carbocycles. The summed E-state index contributed by atoms with van der Waals surface area (Å²) in [5, 5.41) is 3.99. The second-order valence-corrected chi connectivity index (χ2v) is 5.76. The summed E-state index contributed by atoms with van der Waals surface area (Å²) in [7, 11) is 0. The molecule has 1 aromatic heterocycles. The molecule has 0 aliphatic rings. The van der Waals surface area contributed by atoms with E-state index in [1.54, 1.807) is 37.3 Å². The van der Waals surface area contributed by atoms with Crippen molar-refractivity contribution >= 4 is 17.6 Å². The number of nitrogens with zero attached hydrogens (tertiary/aromatic N) is 2. The Kier molecular flexibility index (Phi) is 5.66. The molecule has 1 amide bonds. The highest BCUT2D eigenvalue weighted by molar-refractivity contribution is 6.05. The quantitative estimate of drug-likeness (QED) is 0.613. The van der Waals surface area contributed by atoms with Gasteiger partial charge in [-0.1, -0.05) is 41.6 Å². The largest absolute Gasteiger partial charge is 0.462 e. The number of aromatic nitrogens is 1. The van der Waals surface area contributed by atoms with Crippen LogP contribution in [0.15, 0.2) is 65.2 Å². The van der Waals surface area contributed by atoms with Gasteiger partial charge in [-0.15, -0.1) is 0 Å². The fourth-order valence-electron chi connectivity index (χ4n) is 2.71. The van der Waals surface area contributed by atoms with Crippen LogP contribution in [-0.2, 0) is 4.74 Å². The fourth-order valence-corrected chi connectivity index (χ4v) is 2.71. The van der Waals surface area contributed by atoms with E-state index in [0.29, 0.717) is 30.1 Å². The zero-order chi connectivity index (χ0) is 19.2. The first-order valence-corrected chi connectivity index (χ1v) is 8.75. The minimum Gasteiger partial charge on any atom is -0.462 e. The molecule has 0 bridgehead atoms. The van der Waals surface area contributed by atoms with Gasteiger partial charge >= 0.3 is 5.97 Å². The van der Waals surface area contributed by atoms with Crippen molar-refractivity contribution in [1.82, 2.24) is 5.16 Å². The molecule has 0 fully saturated rings. The van der Waals surface area contributed by atoms with Gasteiger partial charge in [-0.05, 0) is 32.0 Å². The molecular formula is C21H20N2O4. The molecule has 27 heavy (non-hydrogen) atoms. The van der Waals surface area contributed by atoms with E-state index in [-0.39, 0.29) is 11.7 Å². The number of hydrogen-bond acceptors (Lipinski definition) is 5. The summed E-state index contributed by atoms with van der Waals surface area (Å²) in [6.45, 7) is 4.30. The number of carbonyl (C=O) groups is 2. The zero-order valence-electron chi connectivity index (χ0n) is 15.2. The highest BCUT2D eigenvalue weighted by Crippen LogP contribution is 2.23. The van der Waals surface area contributed by atoms with Crippen LogP contribution in [0.4, 0.5) is 5.69 Å². The van der Waals surface area contributed by atoms with Crippen LogP contribution in [0.3, 0.4) is 0 Å². The van der Waals surface area contributed by atoms with Gasteiger partial charge in [-0.3, -0.25) is 4.79 Å². The molecule has 6 nitrogen and oxygen atoms in total. The van der Waals surface area contributed by atoms with E-state index in [2.05, 4.69) is 5.16 Å². The predicted octanol–water partition coefficient (Wildman–Crippen LogP) is 4.19. The van der Waals surface area contributed by atoms with Crippen molar-refractivity contribution in [3.05, 3.63) is 72.0 Å². The molecule has 0 aliphatic heterocycles. The van der Waals surface area contributed by atoms with Crippen molar-refractivity contribution in [3.8, 4) is 11.3 Å². The van der Waals surface area contributed by atoms with Crippen molar-refractivity contribution in [2.24, 2.45) is 0 Å². The summed E-state index contributed by atoms with van der Waals surface area (Å²) in [6.07, 6.45) is 0. The Balaban J connectivity index is 1.86. The summed E-state index contributed by atoms with van der Waals surface area (Å²) in [5.74, 6) is -0.612. The van der Waals surface area contributed by atoms with E-state index in [1.165, 1.54) is 4.90 Å². The standard InChI is InChI=1S/C21H20N2O4/c1-3-23(17-12-8-11-16(13-17)21(25)26-4-2)20(24)19-14-18(22-27-19)15-9-6-5-7-10-15/h5-14H,3-4H2,1-2H3. The van der Waals surface area contributed by atoms with Crippen molar-refractivity contribution < 1.29 is 18.8 Å². The van der Waals surface area contributed by atoms with Gasteiger partial charge in [0.1, 0.15) is 5.69 Å². The van der Waals surface area contributed by atoms with Crippen molar-refractivity contribution in [2.45, 2.75) is 13.8 Å². The minimum atomic E-state index is -0.422. The summed E-state index contributed by atoms with van der Waals surface area (Å²) in [6, 6.07) is 17.9. The lowest BCUT2D eigenvalue weighted by molar-refractivity contribution is 0.0526. The number of carbonyl (C=O) groups excluding carboxylic acids is 2. The number of hydrogen-bond donors (Lipinski definition) is 0. The molecule has 3 rings (SSSR count). The van der Waals surface area contributed by atoms with Gasteiger partial charge in [-0.2, -0.15) is 0 Å². The molecule has 0 aliphatic carbocycles. The first-order chi connectivity index (χ1) is 13.1. The van der Waals surface area contributed by atoms with E-state index in [9.17, 15) is 9.59 Å². The lowest BCUT2D eigenvalue weighted by Crippen LogP contribution is -2.30. The van der Waals surface area contributed by atoms with E-state index in [4.69, 9.17) is 9.26 Å². The third kappa shape index (κ3) is 4.06. The van der Waals surface area contributed by atoms with Crippen molar-refractivity contribution in [3.63, 3.8) is 0 Å². The Bertz CT molecular complexity index is 934. The zero-order valence-corrected chi connectivity index (χ0v) is 15.2. The van der Waals surface area contributed by atoms with E-state index in [0.717, 1.165) is 5.56 Å².